The molecule has 1 aliphatic rings. The maximum atomic E-state index is 12.4. The largest absolute Gasteiger partial charge is 0.484 e. The standard InChI is InChI=1S/C21H23ClN2O3/c22-17-6-8-19(9-7-17)27-15-20(25)23-18-10-12-24(13-11-18)21(26)14-16-4-2-1-3-5-16/h1-9,18H,10-15H2,(H,23,25). The molecule has 1 heterocycles. The number of likely N-dealkylation sites (tertiary alicyclic amines) is 1. The van der Waals surface area contributed by atoms with Gasteiger partial charge in [0.1, 0.15) is 5.75 Å². The SMILES string of the molecule is O=C(COc1ccc(Cl)cc1)NC1CCN(C(=O)Cc2ccccc2)CC1. The zero-order valence-corrected chi connectivity index (χ0v) is 15.8. The molecule has 3 rings (SSSR count). The van der Waals surface area contributed by atoms with E-state index in [9.17, 15) is 9.59 Å². The average molecular weight is 387 g/mol. The first-order chi connectivity index (χ1) is 13.1. The first kappa shape index (κ1) is 19.2. The molecule has 1 fully saturated rings. The van der Waals surface area contributed by atoms with Gasteiger partial charge >= 0.3 is 0 Å². The topological polar surface area (TPSA) is 58.6 Å². The van der Waals surface area contributed by atoms with Gasteiger partial charge in [0.2, 0.25) is 5.91 Å². The lowest BCUT2D eigenvalue weighted by Gasteiger charge is -2.32. The van der Waals surface area contributed by atoms with Crippen molar-refractivity contribution in [2.24, 2.45) is 0 Å². The van der Waals surface area contributed by atoms with Gasteiger partial charge < -0.3 is 15.0 Å². The van der Waals surface area contributed by atoms with Crippen molar-refractivity contribution in [1.29, 1.82) is 0 Å². The van der Waals surface area contributed by atoms with Crippen LogP contribution in [-0.2, 0) is 16.0 Å². The van der Waals surface area contributed by atoms with Crippen LogP contribution in [0.2, 0.25) is 5.02 Å². The van der Waals surface area contributed by atoms with Crippen LogP contribution in [0.15, 0.2) is 54.6 Å². The van der Waals surface area contributed by atoms with Gasteiger partial charge in [-0.1, -0.05) is 41.9 Å². The Bertz CT molecular complexity index is 757. The highest BCUT2D eigenvalue weighted by molar-refractivity contribution is 6.30. The summed E-state index contributed by atoms with van der Waals surface area (Å²) in [6.45, 7) is 1.29. The molecular weight excluding hydrogens is 364 g/mol. The van der Waals surface area contributed by atoms with Crippen molar-refractivity contribution >= 4 is 23.4 Å². The number of carbonyl (C=O) groups excluding carboxylic acids is 2. The lowest BCUT2D eigenvalue weighted by atomic mass is 10.0. The van der Waals surface area contributed by atoms with Gasteiger partial charge in [-0.3, -0.25) is 9.59 Å². The minimum absolute atomic E-state index is 0.0330. The fraction of sp³-hybridized carbons (Fsp3) is 0.333. The summed E-state index contributed by atoms with van der Waals surface area (Å²) in [7, 11) is 0. The zero-order chi connectivity index (χ0) is 19.1. The van der Waals surface area contributed by atoms with Crippen molar-refractivity contribution in [3.8, 4) is 5.75 Å². The summed E-state index contributed by atoms with van der Waals surface area (Å²) in [5.41, 5.74) is 1.03. The summed E-state index contributed by atoms with van der Waals surface area (Å²) >= 11 is 5.82. The van der Waals surface area contributed by atoms with Gasteiger partial charge in [-0.2, -0.15) is 0 Å². The number of piperidine rings is 1. The molecule has 5 nitrogen and oxygen atoms in total. The summed E-state index contributed by atoms with van der Waals surface area (Å²) in [5, 5.41) is 3.61. The molecule has 2 aromatic carbocycles. The molecule has 1 saturated heterocycles. The molecule has 0 unspecified atom stereocenters. The predicted octanol–water partition coefficient (Wildman–Crippen LogP) is 3.07. The van der Waals surface area contributed by atoms with Crippen LogP contribution in [0.5, 0.6) is 5.75 Å². The van der Waals surface area contributed by atoms with Crippen molar-refractivity contribution in [3.63, 3.8) is 0 Å². The lowest BCUT2D eigenvalue weighted by molar-refractivity contribution is -0.131. The number of hydrogen-bond acceptors (Lipinski definition) is 3. The smallest absolute Gasteiger partial charge is 0.258 e. The molecular formula is C21H23ClN2O3. The third-order valence-corrected chi connectivity index (χ3v) is 4.85. The summed E-state index contributed by atoms with van der Waals surface area (Å²) in [4.78, 5) is 26.3. The van der Waals surface area contributed by atoms with E-state index in [-0.39, 0.29) is 24.5 Å². The molecule has 0 bridgehead atoms. The van der Waals surface area contributed by atoms with Crippen LogP contribution in [0, 0.1) is 0 Å². The highest BCUT2D eigenvalue weighted by Gasteiger charge is 2.23. The number of ether oxygens (including phenoxy) is 1. The van der Waals surface area contributed by atoms with Gasteiger partial charge in [0.15, 0.2) is 6.61 Å². The molecule has 2 aromatic rings. The van der Waals surface area contributed by atoms with E-state index >= 15 is 0 Å². The maximum Gasteiger partial charge on any atom is 0.258 e. The van der Waals surface area contributed by atoms with E-state index in [1.165, 1.54) is 0 Å². The van der Waals surface area contributed by atoms with Crippen LogP contribution in [0.4, 0.5) is 0 Å². The molecule has 0 saturated carbocycles. The van der Waals surface area contributed by atoms with Crippen molar-refractivity contribution in [1.82, 2.24) is 10.2 Å². The number of rotatable bonds is 6. The Morgan fingerprint density at radius 2 is 1.70 bits per heavy atom. The van der Waals surface area contributed by atoms with Crippen molar-refractivity contribution in [2.45, 2.75) is 25.3 Å². The van der Waals surface area contributed by atoms with Crippen LogP contribution >= 0.6 is 11.6 Å². The van der Waals surface area contributed by atoms with Crippen molar-refractivity contribution in [3.05, 3.63) is 65.2 Å². The Balaban J connectivity index is 1.38. The highest BCUT2D eigenvalue weighted by Crippen LogP contribution is 2.16. The number of amides is 2. The quantitative estimate of drug-likeness (QED) is 0.830. The van der Waals surface area contributed by atoms with Crippen LogP contribution < -0.4 is 10.1 Å². The Kier molecular flexibility index (Phi) is 6.71. The summed E-state index contributed by atoms with van der Waals surface area (Å²) in [6.07, 6.45) is 1.94. The summed E-state index contributed by atoms with van der Waals surface area (Å²) in [6, 6.07) is 16.7. The second kappa shape index (κ2) is 9.42. The molecule has 6 heteroatoms. The number of benzene rings is 2. The fourth-order valence-electron chi connectivity index (χ4n) is 3.10. The molecule has 27 heavy (non-hydrogen) atoms. The summed E-state index contributed by atoms with van der Waals surface area (Å²) in [5.74, 6) is 0.590. The normalized spacial score (nSPS) is 14.6. The number of nitrogens with zero attached hydrogens (tertiary/aromatic N) is 1. The van der Waals surface area contributed by atoms with Crippen LogP contribution in [-0.4, -0.2) is 42.5 Å². The first-order valence-corrected chi connectivity index (χ1v) is 9.47. The van der Waals surface area contributed by atoms with E-state index in [1.807, 2.05) is 35.2 Å². The highest BCUT2D eigenvalue weighted by atomic mass is 35.5. The van der Waals surface area contributed by atoms with E-state index in [0.29, 0.717) is 30.3 Å². The van der Waals surface area contributed by atoms with E-state index in [1.54, 1.807) is 24.3 Å². The molecule has 0 spiro atoms. The van der Waals surface area contributed by atoms with Gasteiger partial charge in [-0.25, -0.2) is 0 Å². The molecule has 2 amide bonds. The first-order valence-electron chi connectivity index (χ1n) is 9.09. The Morgan fingerprint density at radius 3 is 2.37 bits per heavy atom. The van der Waals surface area contributed by atoms with E-state index in [0.717, 1.165) is 18.4 Å². The molecule has 0 aromatic heterocycles. The van der Waals surface area contributed by atoms with Crippen molar-refractivity contribution in [2.75, 3.05) is 19.7 Å². The number of halogens is 1. The van der Waals surface area contributed by atoms with Gasteiger partial charge in [-0.15, -0.1) is 0 Å². The van der Waals surface area contributed by atoms with E-state index in [4.69, 9.17) is 16.3 Å². The number of hydrogen-bond donors (Lipinski definition) is 1. The molecule has 0 atom stereocenters. The van der Waals surface area contributed by atoms with E-state index in [2.05, 4.69) is 5.32 Å². The Labute approximate surface area is 164 Å². The fourth-order valence-corrected chi connectivity index (χ4v) is 3.23. The number of carbonyl (C=O) groups is 2. The molecule has 0 aliphatic carbocycles. The van der Waals surface area contributed by atoms with Gasteiger partial charge in [0.25, 0.3) is 5.91 Å². The Hall–Kier alpha value is -2.53. The van der Waals surface area contributed by atoms with Gasteiger partial charge in [-0.05, 0) is 42.7 Å². The van der Waals surface area contributed by atoms with E-state index < -0.39 is 0 Å². The van der Waals surface area contributed by atoms with Gasteiger partial charge in [0.05, 0.1) is 6.42 Å². The zero-order valence-electron chi connectivity index (χ0n) is 15.1. The third-order valence-electron chi connectivity index (χ3n) is 4.59. The summed E-state index contributed by atoms with van der Waals surface area (Å²) < 4.78 is 5.45. The molecule has 142 valence electrons. The van der Waals surface area contributed by atoms with Crippen LogP contribution in [0.1, 0.15) is 18.4 Å². The average Bonchev–Trinajstić information content (AvgIpc) is 2.69. The van der Waals surface area contributed by atoms with Crippen molar-refractivity contribution < 1.29 is 14.3 Å². The molecule has 1 N–H and O–H groups in total. The lowest BCUT2D eigenvalue weighted by Crippen LogP contribution is -2.47. The van der Waals surface area contributed by atoms with Crippen LogP contribution in [0.3, 0.4) is 0 Å². The van der Waals surface area contributed by atoms with Crippen LogP contribution in [0.25, 0.3) is 0 Å². The molecule has 0 radical (unpaired) electrons. The monoisotopic (exact) mass is 386 g/mol. The minimum Gasteiger partial charge on any atom is -0.484 e. The molecule has 1 aliphatic heterocycles. The Morgan fingerprint density at radius 1 is 1.04 bits per heavy atom. The maximum absolute atomic E-state index is 12.4. The predicted molar refractivity (Wildman–Crippen MR) is 105 cm³/mol. The number of nitrogens with one attached hydrogen (secondary N) is 1. The van der Waals surface area contributed by atoms with Gasteiger partial charge in [0, 0.05) is 24.2 Å². The second-order valence-corrected chi connectivity index (χ2v) is 7.06. The third kappa shape index (κ3) is 6.00. The minimum atomic E-state index is -0.154. The second-order valence-electron chi connectivity index (χ2n) is 6.63.